The van der Waals surface area contributed by atoms with Crippen LogP contribution in [0.5, 0.6) is 0 Å². The van der Waals surface area contributed by atoms with Crippen LogP contribution in [-0.4, -0.2) is 26.6 Å². The standard InChI is InChI=1S/C14H22ClNO2S/c1-2-12-19(17,18)14-8-6-13(7-9-14)16-11-5-3-4-10-15/h6-9,16H,2-5,10-12H2,1H3. The maximum Gasteiger partial charge on any atom is 0.178 e. The van der Waals surface area contributed by atoms with Gasteiger partial charge < -0.3 is 5.32 Å². The van der Waals surface area contributed by atoms with Gasteiger partial charge in [0.15, 0.2) is 9.84 Å². The van der Waals surface area contributed by atoms with Gasteiger partial charge in [-0.05, 0) is 43.5 Å². The summed E-state index contributed by atoms with van der Waals surface area (Å²) in [7, 11) is -3.10. The molecule has 1 N–H and O–H groups in total. The molecule has 5 heteroatoms. The van der Waals surface area contributed by atoms with Crippen molar-refractivity contribution in [1.82, 2.24) is 0 Å². The maximum atomic E-state index is 11.8. The van der Waals surface area contributed by atoms with E-state index in [2.05, 4.69) is 5.32 Å². The summed E-state index contributed by atoms with van der Waals surface area (Å²) in [6.07, 6.45) is 3.86. The third-order valence-electron chi connectivity index (χ3n) is 2.83. The number of hydrogen-bond donors (Lipinski definition) is 1. The SMILES string of the molecule is CCCS(=O)(=O)c1ccc(NCCCCCCl)cc1. The van der Waals surface area contributed by atoms with Crippen LogP contribution in [0.15, 0.2) is 29.2 Å². The lowest BCUT2D eigenvalue weighted by atomic mass is 10.2. The zero-order valence-corrected chi connectivity index (χ0v) is 12.9. The molecule has 0 atom stereocenters. The number of hydrogen-bond acceptors (Lipinski definition) is 3. The molecule has 0 unspecified atom stereocenters. The van der Waals surface area contributed by atoms with Gasteiger partial charge in [-0.3, -0.25) is 0 Å². The van der Waals surface area contributed by atoms with Crippen LogP contribution in [0.4, 0.5) is 5.69 Å². The molecule has 0 amide bonds. The van der Waals surface area contributed by atoms with Crippen LogP contribution < -0.4 is 5.32 Å². The Kier molecular flexibility index (Phi) is 7.24. The average Bonchev–Trinajstić information content (AvgIpc) is 2.39. The smallest absolute Gasteiger partial charge is 0.178 e. The fraction of sp³-hybridized carbons (Fsp3) is 0.571. The van der Waals surface area contributed by atoms with Crippen LogP contribution >= 0.6 is 11.6 Å². The predicted octanol–water partition coefficient (Wildman–Crippen LogP) is 3.69. The minimum atomic E-state index is -3.10. The molecule has 0 saturated heterocycles. The number of halogens is 1. The van der Waals surface area contributed by atoms with Gasteiger partial charge in [0.2, 0.25) is 0 Å². The molecule has 0 saturated carbocycles. The van der Waals surface area contributed by atoms with Gasteiger partial charge in [0, 0.05) is 18.1 Å². The Morgan fingerprint density at radius 2 is 1.79 bits per heavy atom. The van der Waals surface area contributed by atoms with Crippen LogP contribution in [0, 0.1) is 0 Å². The number of nitrogens with one attached hydrogen (secondary N) is 1. The van der Waals surface area contributed by atoms with Gasteiger partial charge in [-0.15, -0.1) is 11.6 Å². The lowest BCUT2D eigenvalue weighted by molar-refractivity contribution is 0.595. The van der Waals surface area contributed by atoms with E-state index in [4.69, 9.17) is 11.6 Å². The van der Waals surface area contributed by atoms with E-state index in [0.717, 1.165) is 31.5 Å². The highest BCUT2D eigenvalue weighted by atomic mass is 35.5. The third kappa shape index (κ3) is 5.83. The molecule has 108 valence electrons. The largest absolute Gasteiger partial charge is 0.385 e. The molecule has 0 aliphatic rings. The van der Waals surface area contributed by atoms with E-state index in [9.17, 15) is 8.42 Å². The van der Waals surface area contributed by atoms with Crippen LogP contribution in [0.25, 0.3) is 0 Å². The normalized spacial score (nSPS) is 11.5. The van der Waals surface area contributed by atoms with E-state index < -0.39 is 9.84 Å². The first kappa shape index (κ1) is 16.3. The Labute approximate surface area is 121 Å². The molecule has 0 spiro atoms. The Morgan fingerprint density at radius 3 is 2.37 bits per heavy atom. The minimum Gasteiger partial charge on any atom is -0.385 e. The summed E-state index contributed by atoms with van der Waals surface area (Å²) in [6.45, 7) is 2.76. The van der Waals surface area contributed by atoms with Crippen molar-refractivity contribution in [2.45, 2.75) is 37.5 Å². The fourth-order valence-electron chi connectivity index (χ4n) is 1.80. The molecule has 0 radical (unpaired) electrons. The van der Waals surface area contributed by atoms with Gasteiger partial charge in [0.05, 0.1) is 10.6 Å². The first-order valence-corrected chi connectivity index (χ1v) is 8.91. The highest BCUT2D eigenvalue weighted by Gasteiger charge is 2.12. The van der Waals surface area contributed by atoms with Crippen LogP contribution in [-0.2, 0) is 9.84 Å². The quantitative estimate of drug-likeness (QED) is 0.559. The summed E-state index contributed by atoms with van der Waals surface area (Å²) in [6, 6.07) is 6.99. The molecule has 1 rings (SSSR count). The van der Waals surface area contributed by atoms with Gasteiger partial charge in [0.25, 0.3) is 0 Å². The Balaban J connectivity index is 2.48. The summed E-state index contributed by atoms with van der Waals surface area (Å²) in [5.41, 5.74) is 0.960. The van der Waals surface area contributed by atoms with E-state index in [-0.39, 0.29) is 5.75 Å². The number of sulfone groups is 1. The van der Waals surface area contributed by atoms with Crippen molar-refractivity contribution in [3.63, 3.8) is 0 Å². The fourth-order valence-corrected chi connectivity index (χ4v) is 3.31. The predicted molar refractivity (Wildman–Crippen MR) is 81.8 cm³/mol. The molecule has 3 nitrogen and oxygen atoms in total. The van der Waals surface area contributed by atoms with E-state index in [1.165, 1.54) is 0 Å². The zero-order valence-electron chi connectivity index (χ0n) is 11.4. The maximum absolute atomic E-state index is 11.8. The van der Waals surface area contributed by atoms with E-state index in [0.29, 0.717) is 17.2 Å². The van der Waals surface area contributed by atoms with Gasteiger partial charge in [-0.2, -0.15) is 0 Å². The summed E-state index contributed by atoms with van der Waals surface area (Å²) in [4.78, 5) is 0.405. The summed E-state index contributed by atoms with van der Waals surface area (Å²) < 4.78 is 23.7. The number of unbranched alkanes of at least 4 members (excludes halogenated alkanes) is 2. The second-order valence-electron chi connectivity index (χ2n) is 4.52. The summed E-state index contributed by atoms with van der Waals surface area (Å²) >= 11 is 5.61. The van der Waals surface area contributed by atoms with Gasteiger partial charge in [-0.25, -0.2) is 8.42 Å². The number of benzene rings is 1. The molecule has 0 bridgehead atoms. The molecule has 0 heterocycles. The lowest BCUT2D eigenvalue weighted by Gasteiger charge is -2.07. The summed E-state index contributed by atoms with van der Waals surface area (Å²) in [5, 5.41) is 3.28. The van der Waals surface area contributed by atoms with E-state index in [1.54, 1.807) is 12.1 Å². The molecule has 0 aliphatic carbocycles. The third-order valence-corrected chi connectivity index (χ3v) is 5.03. The topological polar surface area (TPSA) is 46.2 Å². The zero-order chi connectivity index (χ0) is 14.1. The lowest BCUT2D eigenvalue weighted by Crippen LogP contribution is -2.06. The van der Waals surface area contributed by atoms with E-state index in [1.807, 2.05) is 19.1 Å². The van der Waals surface area contributed by atoms with Crippen molar-refractivity contribution < 1.29 is 8.42 Å². The first-order chi connectivity index (χ1) is 9.10. The molecule has 19 heavy (non-hydrogen) atoms. The molecular weight excluding hydrogens is 282 g/mol. The van der Waals surface area contributed by atoms with Crippen LogP contribution in [0.2, 0.25) is 0 Å². The van der Waals surface area contributed by atoms with Gasteiger partial charge in [-0.1, -0.05) is 13.3 Å². The minimum absolute atomic E-state index is 0.207. The molecule has 0 fully saturated rings. The average molecular weight is 304 g/mol. The number of rotatable bonds is 9. The van der Waals surface area contributed by atoms with Crippen molar-refractivity contribution in [3.8, 4) is 0 Å². The van der Waals surface area contributed by atoms with Crippen LogP contribution in [0.3, 0.4) is 0 Å². The van der Waals surface area contributed by atoms with Gasteiger partial charge >= 0.3 is 0 Å². The highest BCUT2D eigenvalue weighted by Crippen LogP contribution is 2.16. The molecular formula is C14H22ClNO2S. The second kappa shape index (κ2) is 8.43. The highest BCUT2D eigenvalue weighted by molar-refractivity contribution is 7.91. The van der Waals surface area contributed by atoms with Crippen molar-refractivity contribution in [3.05, 3.63) is 24.3 Å². The monoisotopic (exact) mass is 303 g/mol. The first-order valence-electron chi connectivity index (χ1n) is 6.73. The molecule has 1 aromatic carbocycles. The van der Waals surface area contributed by atoms with Gasteiger partial charge in [0.1, 0.15) is 0 Å². The Bertz CT molecular complexity index is 457. The molecule has 0 aromatic heterocycles. The molecule has 1 aromatic rings. The number of alkyl halides is 1. The van der Waals surface area contributed by atoms with Crippen molar-refractivity contribution in [1.29, 1.82) is 0 Å². The van der Waals surface area contributed by atoms with Crippen molar-refractivity contribution >= 4 is 27.1 Å². The second-order valence-corrected chi connectivity index (χ2v) is 7.01. The molecule has 0 aliphatic heterocycles. The Hall–Kier alpha value is -0.740. The number of anilines is 1. The summed E-state index contributed by atoms with van der Waals surface area (Å²) in [5.74, 6) is 0.919. The van der Waals surface area contributed by atoms with E-state index >= 15 is 0 Å². The van der Waals surface area contributed by atoms with Crippen molar-refractivity contribution in [2.75, 3.05) is 23.5 Å². The van der Waals surface area contributed by atoms with Crippen LogP contribution in [0.1, 0.15) is 32.6 Å². The van der Waals surface area contributed by atoms with Crippen molar-refractivity contribution in [2.24, 2.45) is 0 Å². The Morgan fingerprint density at radius 1 is 1.11 bits per heavy atom.